The van der Waals surface area contributed by atoms with Gasteiger partial charge in [-0.25, -0.2) is 0 Å². The van der Waals surface area contributed by atoms with Crippen molar-refractivity contribution in [2.75, 3.05) is 26.7 Å². The number of carbonyl (C=O) groups excluding carboxylic acids is 1. The van der Waals surface area contributed by atoms with Crippen LogP contribution in [0.25, 0.3) is 0 Å². The third-order valence-electron chi connectivity index (χ3n) is 6.14. The van der Waals surface area contributed by atoms with Crippen molar-refractivity contribution in [2.45, 2.75) is 64.1 Å². The summed E-state index contributed by atoms with van der Waals surface area (Å²) < 4.78 is 5.17. The minimum atomic E-state index is -0.0341. The maximum atomic E-state index is 11.9. The summed E-state index contributed by atoms with van der Waals surface area (Å²) in [6.07, 6.45) is 6.22. The van der Waals surface area contributed by atoms with E-state index in [2.05, 4.69) is 50.9 Å². The van der Waals surface area contributed by atoms with Gasteiger partial charge in [0, 0.05) is 32.2 Å². The molecule has 30 heavy (non-hydrogen) atoms. The molecule has 0 aromatic heterocycles. The molecule has 2 fully saturated rings. The summed E-state index contributed by atoms with van der Waals surface area (Å²) in [4.78, 5) is 18.9. The first-order chi connectivity index (χ1) is 14.2. The first-order valence-corrected chi connectivity index (χ1v) is 11.1. The summed E-state index contributed by atoms with van der Waals surface area (Å²) in [5.41, 5.74) is 1.38. The van der Waals surface area contributed by atoms with Gasteiger partial charge < -0.3 is 15.4 Å². The van der Waals surface area contributed by atoms with Crippen LogP contribution in [0.4, 0.5) is 0 Å². The SMILES string of the molecule is CCOC(=O)C1CCC(NC(=NC)NCC2CCCN2Cc2ccccc2)CC1.I. The van der Waals surface area contributed by atoms with Gasteiger partial charge in [0.25, 0.3) is 0 Å². The number of nitrogens with zero attached hydrogens (tertiary/aromatic N) is 2. The van der Waals surface area contributed by atoms with Gasteiger partial charge in [-0.15, -0.1) is 24.0 Å². The average Bonchev–Trinajstić information content (AvgIpc) is 3.19. The van der Waals surface area contributed by atoms with Crippen molar-refractivity contribution in [3.8, 4) is 0 Å². The molecule has 0 radical (unpaired) electrons. The number of guanidine groups is 1. The number of aliphatic imine (C=N–C) groups is 1. The van der Waals surface area contributed by atoms with E-state index in [1.807, 2.05) is 14.0 Å². The fraction of sp³-hybridized carbons (Fsp3) is 0.652. The second-order valence-corrected chi connectivity index (χ2v) is 8.15. The first kappa shape index (κ1) is 24.9. The molecular formula is C23H37IN4O2. The van der Waals surface area contributed by atoms with Gasteiger partial charge in [-0.3, -0.25) is 14.7 Å². The number of carbonyl (C=O) groups is 1. The van der Waals surface area contributed by atoms with Crippen molar-refractivity contribution >= 4 is 35.9 Å². The van der Waals surface area contributed by atoms with Crippen LogP contribution in [0.5, 0.6) is 0 Å². The summed E-state index contributed by atoms with van der Waals surface area (Å²) in [5, 5.41) is 7.09. The highest BCUT2D eigenvalue weighted by atomic mass is 127. The van der Waals surface area contributed by atoms with Crippen LogP contribution < -0.4 is 10.6 Å². The van der Waals surface area contributed by atoms with Crippen LogP contribution in [-0.2, 0) is 16.1 Å². The molecule has 1 aliphatic heterocycles. The largest absolute Gasteiger partial charge is 0.466 e. The monoisotopic (exact) mass is 528 g/mol. The molecule has 3 rings (SSSR count). The van der Waals surface area contributed by atoms with Gasteiger partial charge >= 0.3 is 5.97 Å². The Labute approximate surface area is 198 Å². The van der Waals surface area contributed by atoms with E-state index < -0.39 is 0 Å². The number of hydrogen-bond donors (Lipinski definition) is 2. The van der Waals surface area contributed by atoms with E-state index in [4.69, 9.17) is 4.74 Å². The van der Waals surface area contributed by atoms with Crippen LogP contribution >= 0.6 is 24.0 Å². The third-order valence-corrected chi connectivity index (χ3v) is 6.14. The summed E-state index contributed by atoms with van der Waals surface area (Å²) in [6.45, 7) is 5.41. The standard InChI is InChI=1S/C23H36N4O2.HI/c1-3-29-22(28)19-11-13-20(14-12-19)26-23(24-2)25-16-21-10-7-15-27(21)17-18-8-5-4-6-9-18;/h4-6,8-9,19-21H,3,7,10-17H2,1-2H3,(H2,24,25,26);1H. The predicted octanol–water partition coefficient (Wildman–Crippen LogP) is 3.56. The van der Waals surface area contributed by atoms with E-state index >= 15 is 0 Å². The lowest BCUT2D eigenvalue weighted by Crippen LogP contribution is -2.48. The van der Waals surface area contributed by atoms with E-state index in [0.717, 1.165) is 51.3 Å². The number of likely N-dealkylation sites (tertiary alicyclic amines) is 1. The molecule has 1 aromatic carbocycles. The Hall–Kier alpha value is -1.35. The Kier molecular flexibility index (Phi) is 10.9. The van der Waals surface area contributed by atoms with Crippen LogP contribution in [0.15, 0.2) is 35.3 Å². The Morgan fingerprint density at radius 1 is 1.17 bits per heavy atom. The molecule has 1 saturated heterocycles. The number of halogens is 1. The quantitative estimate of drug-likeness (QED) is 0.245. The van der Waals surface area contributed by atoms with Crippen molar-refractivity contribution in [3.05, 3.63) is 35.9 Å². The Bertz CT molecular complexity index is 662. The van der Waals surface area contributed by atoms with Gasteiger partial charge in [-0.1, -0.05) is 30.3 Å². The number of benzene rings is 1. The molecule has 6 nitrogen and oxygen atoms in total. The predicted molar refractivity (Wildman–Crippen MR) is 132 cm³/mol. The first-order valence-electron chi connectivity index (χ1n) is 11.1. The lowest BCUT2D eigenvalue weighted by molar-refractivity contribution is -0.149. The van der Waals surface area contributed by atoms with Gasteiger partial charge in [0.05, 0.1) is 12.5 Å². The molecule has 0 bridgehead atoms. The van der Waals surface area contributed by atoms with Gasteiger partial charge in [0.2, 0.25) is 0 Å². The van der Waals surface area contributed by atoms with Gasteiger partial charge in [-0.2, -0.15) is 0 Å². The molecule has 0 amide bonds. The van der Waals surface area contributed by atoms with Crippen molar-refractivity contribution in [3.63, 3.8) is 0 Å². The molecular weight excluding hydrogens is 491 g/mol. The van der Waals surface area contributed by atoms with Crippen LogP contribution in [0, 0.1) is 5.92 Å². The zero-order valence-corrected chi connectivity index (χ0v) is 20.6. The zero-order valence-electron chi connectivity index (χ0n) is 18.3. The summed E-state index contributed by atoms with van der Waals surface area (Å²) in [6, 6.07) is 11.6. The Morgan fingerprint density at radius 2 is 1.90 bits per heavy atom. The van der Waals surface area contributed by atoms with E-state index in [0.29, 0.717) is 18.7 Å². The maximum Gasteiger partial charge on any atom is 0.308 e. The maximum absolute atomic E-state index is 11.9. The van der Waals surface area contributed by atoms with Gasteiger partial charge in [-0.05, 0) is 57.6 Å². The smallest absolute Gasteiger partial charge is 0.308 e. The van der Waals surface area contributed by atoms with E-state index in [1.54, 1.807) is 0 Å². The second kappa shape index (κ2) is 13.1. The number of hydrogen-bond acceptors (Lipinski definition) is 4. The number of ether oxygens (including phenoxy) is 1. The normalized spacial score (nSPS) is 24.7. The van der Waals surface area contributed by atoms with Crippen LogP contribution in [0.1, 0.15) is 51.0 Å². The average molecular weight is 528 g/mol. The van der Waals surface area contributed by atoms with Crippen molar-refractivity contribution in [2.24, 2.45) is 10.9 Å². The fourth-order valence-electron chi connectivity index (χ4n) is 4.49. The van der Waals surface area contributed by atoms with Gasteiger partial charge in [0.15, 0.2) is 5.96 Å². The molecule has 2 N–H and O–H groups in total. The lowest BCUT2D eigenvalue weighted by atomic mass is 9.86. The summed E-state index contributed by atoms with van der Waals surface area (Å²) >= 11 is 0. The minimum Gasteiger partial charge on any atom is -0.466 e. The molecule has 7 heteroatoms. The summed E-state index contributed by atoms with van der Waals surface area (Å²) in [5.74, 6) is 0.900. The Morgan fingerprint density at radius 3 is 2.57 bits per heavy atom. The second-order valence-electron chi connectivity index (χ2n) is 8.15. The highest BCUT2D eigenvalue weighted by Crippen LogP contribution is 2.25. The molecule has 1 saturated carbocycles. The molecule has 1 heterocycles. The van der Waals surface area contributed by atoms with E-state index in [9.17, 15) is 4.79 Å². The van der Waals surface area contributed by atoms with Gasteiger partial charge in [0.1, 0.15) is 0 Å². The van der Waals surface area contributed by atoms with Crippen molar-refractivity contribution < 1.29 is 9.53 Å². The fourth-order valence-corrected chi connectivity index (χ4v) is 4.49. The summed E-state index contributed by atoms with van der Waals surface area (Å²) in [7, 11) is 1.83. The van der Waals surface area contributed by atoms with Crippen LogP contribution in [0.3, 0.4) is 0 Å². The lowest BCUT2D eigenvalue weighted by Gasteiger charge is -2.30. The van der Waals surface area contributed by atoms with Crippen molar-refractivity contribution in [1.29, 1.82) is 0 Å². The van der Waals surface area contributed by atoms with Crippen LogP contribution in [0.2, 0.25) is 0 Å². The molecule has 1 aliphatic carbocycles. The third kappa shape index (κ3) is 7.41. The number of nitrogens with one attached hydrogen (secondary N) is 2. The zero-order chi connectivity index (χ0) is 20.5. The van der Waals surface area contributed by atoms with E-state index in [-0.39, 0.29) is 35.9 Å². The number of esters is 1. The molecule has 2 aliphatic rings. The van der Waals surface area contributed by atoms with E-state index in [1.165, 1.54) is 18.4 Å². The molecule has 0 spiro atoms. The topological polar surface area (TPSA) is 66.0 Å². The Balaban J connectivity index is 0.00000320. The molecule has 168 valence electrons. The van der Waals surface area contributed by atoms with Crippen LogP contribution in [-0.4, -0.2) is 55.7 Å². The minimum absolute atomic E-state index is 0. The molecule has 1 unspecified atom stereocenters. The highest BCUT2D eigenvalue weighted by Gasteiger charge is 2.28. The molecule has 1 aromatic rings. The number of rotatable bonds is 7. The van der Waals surface area contributed by atoms with Crippen molar-refractivity contribution in [1.82, 2.24) is 15.5 Å². The molecule has 1 atom stereocenters. The highest BCUT2D eigenvalue weighted by molar-refractivity contribution is 14.0.